The molecular weight excluding hydrogens is 875 g/mol. The summed E-state index contributed by atoms with van der Waals surface area (Å²) in [6.07, 6.45) is 1.84. The van der Waals surface area contributed by atoms with Gasteiger partial charge >= 0.3 is 0 Å². The molecule has 0 aliphatic carbocycles. The van der Waals surface area contributed by atoms with Crippen molar-refractivity contribution in [3.8, 4) is 89.7 Å². The minimum atomic E-state index is -2.56. The first-order valence-corrected chi connectivity index (χ1v) is 25.2. The standard InChI is InChI=1S/C68H65N3O/c1-42(2)46-27-29-48(30-28-46)50-33-34-69-61(41-50)55-37-53(47-19-13-11-14-20-47)36-54(38-55)57-24-18-26-63-65(57)70-67(59-40-52(43(3)4)39-58(44(5)6)66(59)72)71(63)62-32-31-51(35-45(62)7)64-56(49-21-15-12-16-22-49)23-17-25-60(64)68(8,9)10/h11-44,72H,1-10H3/i7D3,42D. The van der Waals surface area contributed by atoms with Gasteiger partial charge in [0.15, 0.2) is 0 Å². The van der Waals surface area contributed by atoms with Crippen LogP contribution in [0.25, 0.3) is 95.0 Å². The van der Waals surface area contributed by atoms with E-state index in [1.165, 1.54) is 0 Å². The first-order valence-electron chi connectivity index (χ1n) is 27.2. The number of imidazole rings is 1. The molecule has 10 aromatic rings. The summed E-state index contributed by atoms with van der Waals surface area (Å²) >= 11 is 0. The van der Waals surface area contributed by atoms with Crippen molar-refractivity contribution in [2.75, 3.05) is 0 Å². The molecule has 0 bridgehead atoms. The Labute approximate surface area is 432 Å². The zero-order valence-corrected chi connectivity index (χ0v) is 42.8. The number of hydrogen-bond donors (Lipinski definition) is 1. The number of pyridine rings is 1. The maximum absolute atomic E-state index is 12.5. The molecular formula is C68H65N3O. The SMILES string of the molecule is [2H]C([2H])([2H])c1cc(-c2c(-c3ccccc3)cccc2C(C)(C)C)ccc1-n1c(-c2cc(C(C)C)cc(C(C)C)c2O)nc2c(-c3cc(-c4ccccc4)cc(-c4cc(-c5ccc(C([2H])(C)C)cc5)ccn4)c3)cccc21. The van der Waals surface area contributed by atoms with Crippen molar-refractivity contribution < 1.29 is 10.6 Å². The first kappa shape index (κ1) is 43.0. The number of aryl methyl sites for hydroxylation is 1. The van der Waals surface area contributed by atoms with E-state index in [1.54, 1.807) is 0 Å². The second kappa shape index (κ2) is 19.4. The fourth-order valence-corrected chi connectivity index (χ4v) is 10.1. The van der Waals surface area contributed by atoms with E-state index in [0.29, 0.717) is 28.1 Å². The summed E-state index contributed by atoms with van der Waals surface area (Å²) in [6.45, 7) is 16.2. The van der Waals surface area contributed by atoms with Crippen LogP contribution in [-0.4, -0.2) is 19.6 Å². The molecule has 0 radical (unpaired) electrons. The van der Waals surface area contributed by atoms with Gasteiger partial charge in [0.2, 0.25) is 0 Å². The first-order chi connectivity index (χ1) is 36.2. The molecule has 1 N–H and O–H groups in total. The van der Waals surface area contributed by atoms with Crippen LogP contribution in [-0.2, 0) is 5.41 Å². The predicted molar refractivity (Wildman–Crippen MR) is 304 cm³/mol. The van der Waals surface area contributed by atoms with E-state index in [-0.39, 0.29) is 28.6 Å². The topological polar surface area (TPSA) is 50.9 Å². The lowest BCUT2D eigenvalue weighted by atomic mass is 9.78. The minimum absolute atomic E-state index is 0.00855. The van der Waals surface area contributed by atoms with Gasteiger partial charge in [0.1, 0.15) is 11.6 Å². The van der Waals surface area contributed by atoms with Gasteiger partial charge in [-0.1, -0.05) is 190 Å². The third-order valence-corrected chi connectivity index (χ3v) is 14.1. The van der Waals surface area contributed by atoms with Gasteiger partial charge in [-0.15, -0.1) is 0 Å². The summed E-state index contributed by atoms with van der Waals surface area (Å²) in [6, 6.07) is 61.8. The lowest BCUT2D eigenvalue weighted by Gasteiger charge is -2.26. The number of hydrogen-bond acceptors (Lipinski definition) is 3. The van der Waals surface area contributed by atoms with Crippen molar-refractivity contribution in [3.05, 3.63) is 216 Å². The highest BCUT2D eigenvalue weighted by atomic mass is 16.3. The lowest BCUT2D eigenvalue weighted by Crippen LogP contribution is -2.13. The third-order valence-electron chi connectivity index (χ3n) is 14.1. The average Bonchev–Trinajstić information content (AvgIpc) is 3.80. The summed E-state index contributed by atoms with van der Waals surface area (Å²) in [4.78, 5) is 10.5. The molecule has 2 heterocycles. The maximum Gasteiger partial charge on any atom is 0.149 e. The smallest absolute Gasteiger partial charge is 0.149 e. The number of phenols is 1. The Hall–Kier alpha value is -7.82. The highest BCUT2D eigenvalue weighted by Gasteiger charge is 2.26. The third kappa shape index (κ3) is 9.19. The number of benzene rings is 8. The van der Waals surface area contributed by atoms with Gasteiger partial charge in [0.05, 0.1) is 28.0 Å². The Morgan fingerprint density at radius 2 is 1.18 bits per heavy atom. The highest BCUT2D eigenvalue weighted by molar-refractivity contribution is 5.98. The molecule has 0 saturated carbocycles. The molecule has 72 heavy (non-hydrogen) atoms. The summed E-state index contributed by atoms with van der Waals surface area (Å²) in [7, 11) is 0. The Bertz CT molecular complexity index is 3770. The van der Waals surface area contributed by atoms with Crippen LogP contribution in [0, 0.1) is 6.85 Å². The van der Waals surface area contributed by atoms with Crippen molar-refractivity contribution >= 4 is 11.0 Å². The predicted octanol–water partition coefficient (Wildman–Crippen LogP) is 18.8. The van der Waals surface area contributed by atoms with Crippen LogP contribution in [0.2, 0.25) is 0 Å². The number of aromatic hydroxyl groups is 1. The van der Waals surface area contributed by atoms with Crippen LogP contribution >= 0.6 is 0 Å². The second-order valence-corrected chi connectivity index (χ2v) is 21.0. The van der Waals surface area contributed by atoms with Crippen molar-refractivity contribution in [3.63, 3.8) is 0 Å². The van der Waals surface area contributed by atoms with Crippen LogP contribution in [0.4, 0.5) is 0 Å². The Morgan fingerprint density at radius 1 is 0.528 bits per heavy atom. The maximum atomic E-state index is 12.5. The monoisotopic (exact) mass is 944 g/mol. The van der Waals surface area contributed by atoms with Gasteiger partial charge in [-0.2, -0.15) is 0 Å². The minimum Gasteiger partial charge on any atom is -0.507 e. The molecule has 0 aliphatic rings. The van der Waals surface area contributed by atoms with Gasteiger partial charge in [-0.25, -0.2) is 4.98 Å². The van der Waals surface area contributed by atoms with Crippen molar-refractivity contribution in [1.29, 1.82) is 0 Å². The number of rotatable bonds is 11. The molecule has 4 nitrogen and oxygen atoms in total. The van der Waals surface area contributed by atoms with Crippen molar-refractivity contribution in [1.82, 2.24) is 14.5 Å². The molecule has 10 rings (SSSR count). The summed E-state index contributed by atoms with van der Waals surface area (Å²) < 4.78 is 38.4. The Balaban J connectivity index is 1.24. The zero-order valence-electron chi connectivity index (χ0n) is 46.8. The van der Waals surface area contributed by atoms with E-state index >= 15 is 0 Å². The van der Waals surface area contributed by atoms with Gasteiger partial charge < -0.3 is 5.11 Å². The number of nitrogens with zero attached hydrogens (tertiary/aromatic N) is 3. The zero-order chi connectivity index (χ0) is 53.8. The Morgan fingerprint density at radius 3 is 1.86 bits per heavy atom. The van der Waals surface area contributed by atoms with E-state index < -0.39 is 12.7 Å². The van der Waals surface area contributed by atoms with E-state index in [2.05, 4.69) is 139 Å². The fourth-order valence-electron chi connectivity index (χ4n) is 10.1. The van der Waals surface area contributed by atoms with Crippen LogP contribution in [0.3, 0.4) is 0 Å². The summed E-state index contributed by atoms with van der Waals surface area (Å²) in [5.41, 5.74) is 17.5. The summed E-state index contributed by atoms with van der Waals surface area (Å²) in [5, 5.41) is 12.5. The molecule has 0 spiro atoms. The quantitative estimate of drug-likeness (QED) is 0.141. The van der Waals surface area contributed by atoms with Gasteiger partial charge in [-0.3, -0.25) is 9.55 Å². The molecule has 8 aromatic carbocycles. The van der Waals surface area contributed by atoms with Crippen LogP contribution in [0.1, 0.15) is 113 Å². The van der Waals surface area contributed by atoms with Crippen LogP contribution < -0.4 is 0 Å². The van der Waals surface area contributed by atoms with Crippen LogP contribution in [0.15, 0.2) is 188 Å². The molecule has 0 aliphatic heterocycles. The van der Waals surface area contributed by atoms with E-state index in [1.807, 2.05) is 116 Å². The number of aromatic nitrogens is 3. The number of para-hydroxylation sites is 1. The fraction of sp³-hybridized carbons (Fsp3) is 0.206. The van der Waals surface area contributed by atoms with E-state index in [4.69, 9.17) is 11.3 Å². The van der Waals surface area contributed by atoms with Crippen molar-refractivity contribution in [2.45, 2.75) is 92.3 Å². The van der Waals surface area contributed by atoms with E-state index in [0.717, 1.165) is 89.1 Å². The van der Waals surface area contributed by atoms with Gasteiger partial charge in [-0.05, 0) is 162 Å². The number of phenolic OH excluding ortho intramolecular Hbond substituents is 1. The summed E-state index contributed by atoms with van der Waals surface area (Å²) in [5.74, 6) is -0.0275. The largest absolute Gasteiger partial charge is 0.507 e. The molecule has 0 atom stereocenters. The van der Waals surface area contributed by atoms with Crippen LogP contribution in [0.5, 0.6) is 5.75 Å². The normalized spacial score (nSPS) is 13.0. The average molecular weight is 944 g/mol. The molecule has 2 aromatic heterocycles. The molecule has 4 heteroatoms. The van der Waals surface area contributed by atoms with Gasteiger partial charge in [0.25, 0.3) is 0 Å². The molecule has 0 unspecified atom stereocenters. The van der Waals surface area contributed by atoms with Gasteiger partial charge in [0, 0.05) is 22.8 Å². The molecule has 0 saturated heterocycles. The molecule has 358 valence electrons. The molecule has 0 amide bonds. The Kier molecular flexibility index (Phi) is 11.6. The van der Waals surface area contributed by atoms with E-state index in [9.17, 15) is 9.22 Å². The van der Waals surface area contributed by atoms with Crippen molar-refractivity contribution in [2.24, 2.45) is 0 Å². The second-order valence-electron chi connectivity index (χ2n) is 21.0. The lowest BCUT2D eigenvalue weighted by molar-refractivity contribution is 0.466. The number of fused-ring (bicyclic) bond motifs is 1. The highest BCUT2D eigenvalue weighted by Crippen LogP contribution is 2.45. The molecule has 0 fully saturated rings.